The molecule has 2 heterocycles. The van der Waals surface area contributed by atoms with E-state index in [9.17, 15) is 4.79 Å². The van der Waals surface area contributed by atoms with Crippen molar-refractivity contribution >= 4 is 35.0 Å². The van der Waals surface area contributed by atoms with Gasteiger partial charge in [-0.3, -0.25) is 4.79 Å². The van der Waals surface area contributed by atoms with E-state index in [1.54, 1.807) is 32.3 Å². The first-order valence-corrected chi connectivity index (χ1v) is 7.51. The lowest BCUT2D eigenvalue weighted by Gasteiger charge is -2.13. The number of hydrogen-bond acceptors (Lipinski definition) is 8. The molecule has 128 valence electrons. The Morgan fingerprint density at radius 2 is 2.12 bits per heavy atom. The maximum atomic E-state index is 12.0. The van der Waals surface area contributed by atoms with Gasteiger partial charge in [-0.2, -0.15) is 9.97 Å². The quantitative estimate of drug-likeness (QED) is 0.726. The van der Waals surface area contributed by atoms with Crippen LogP contribution in [0.4, 0.5) is 17.5 Å². The molecule has 9 nitrogen and oxygen atoms in total. The number of nitrogens with zero attached hydrogens (tertiary/aromatic N) is 5. The smallest absolute Gasteiger partial charge is 0.262 e. The molecule has 0 saturated heterocycles. The molecule has 0 aliphatic heterocycles. The van der Waals surface area contributed by atoms with E-state index < -0.39 is 0 Å². The molecule has 0 fully saturated rings. The van der Waals surface area contributed by atoms with Crippen LogP contribution in [0.1, 0.15) is 10.4 Å². The van der Waals surface area contributed by atoms with Gasteiger partial charge in [-0.25, -0.2) is 4.98 Å². The number of anilines is 3. The van der Waals surface area contributed by atoms with Crippen molar-refractivity contribution in [2.75, 3.05) is 25.1 Å². The lowest BCUT2D eigenvalue weighted by Crippen LogP contribution is -2.21. The molecule has 3 rings (SSSR count). The van der Waals surface area contributed by atoms with Crippen LogP contribution in [-0.4, -0.2) is 45.0 Å². The van der Waals surface area contributed by atoms with Gasteiger partial charge in [0.25, 0.3) is 11.8 Å². The van der Waals surface area contributed by atoms with Crippen molar-refractivity contribution < 1.29 is 9.32 Å². The van der Waals surface area contributed by atoms with Crippen molar-refractivity contribution in [3.05, 3.63) is 41.3 Å². The summed E-state index contributed by atoms with van der Waals surface area (Å²) in [5, 5.41) is 6.81. The molecule has 3 aromatic rings. The Balaban J connectivity index is 1.82. The third-order valence-corrected chi connectivity index (χ3v) is 3.58. The zero-order valence-corrected chi connectivity index (χ0v) is 14.2. The summed E-state index contributed by atoms with van der Waals surface area (Å²) < 4.78 is 4.93. The Kier molecular flexibility index (Phi) is 4.48. The molecule has 1 aromatic carbocycles. The Hall–Kier alpha value is -3.20. The number of benzene rings is 1. The van der Waals surface area contributed by atoms with Gasteiger partial charge in [-0.1, -0.05) is 16.8 Å². The van der Waals surface area contributed by atoms with Crippen LogP contribution in [0.2, 0.25) is 5.02 Å². The van der Waals surface area contributed by atoms with E-state index in [0.717, 1.165) is 0 Å². The summed E-state index contributed by atoms with van der Waals surface area (Å²) in [6.45, 7) is 0. The Labute approximate surface area is 147 Å². The molecule has 2 aromatic heterocycles. The highest BCUT2D eigenvalue weighted by Crippen LogP contribution is 2.26. The minimum absolute atomic E-state index is 0.180. The van der Waals surface area contributed by atoms with Crippen LogP contribution in [-0.2, 0) is 0 Å². The van der Waals surface area contributed by atoms with E-state index in [4.69, 9.17) is 21.9 Å². The Morgan fingerprint density at radius 3 is 2.72 bits per heavy atom. The van der Waals surface area contributed by atoms with Crippen LogP contribution in [0.15, 0.2) is 35.2 Å². The second-order valence-corrected chi connectivity index (χ2v) is 5.67. The molecule has 1 amide bonds. The summed E-state index contributed by atoms with van der Waals surface area (Å²) in [6, 6.07) is 4.95. The lowest BCUT2D eigenvalue weighted by molar-refractivity contribution is 0.0828. The minimum atomic E-state index is -0.180. The predicted molar refractivity (Wildman–Crippen MR) is 92.5 cm³/mol. The van der Waals surface area contributed by atoms with E-state index in [-0.39, 0.29) is 23.6 Å². The third-order valence-electron chi connectivity index (χ3n) is 3.27. The number of nitrogens with two attached hydrogens (primary N) is 1. The first kappa shape index (κ1) is 16.7. The molecular formula is C15H14ClN7O2. The van der Waals surface area contributed by atoms with Crippen molar-refractivity contribution in [2.45, 2.75) is 0 Å². The van der Waals surface area contributed by atoms with Crippen LogP contribution >= 0.6 is 11.6 Å². The number of rotatable bonds is 4. The van der Waals surface area contributed by atoms with Crippen LogP contribution in [0.5, 0.6) is 0 Å². The number of aromatic nitrogens is 4. The molecule has 0 spiro atoms. The molecule has 0 atom stereocenters. The number of nitrogens with one attached hydrogen (secondary N) is 1. The highest BCUT2D eigenvalue weighted by atomic mass is 35.5. The molecule has 0 saturated carbocycles. The van der Waals surface area contributed by atoms with Crippen molar-refractivity contribution in [1.29, 1.82) is 0 Å². The van der Waals surface area contributed by atoms with Crippen molar-refractivity contribution in [3.8, 4) is 11.5 Å². The number of carbonyl (C=O) groups excluding carboxylic acids is 1. The molecule has 0 aliphatic rings. The summed E-state index contributed by atoms with van der Waals surface area (Å²) in [7, 11) is 3.32. The molecule has 0 radical (unpaired) electrons. The molecular weight excluding hydrogens is 346 g/mol. The topological polar surface area (TPSA) is 123 Å². The summed E-state index contributed by atoms with van der Waals surface area (Å²) >= 11 is 6.18. The molecule has 25 heavy (non-hydrogen) atoms. The number of halogens is 1. The highest BCUT2D eigenvalue weighted by molar-refractivity contribution is 6.34. The number of hydrogen-bond donors (Lipinski definition) is 2. The maximum Gasteiger partial charge on any atom is 0.262 e. The predicted octanol–water partition coefficient (Wildman–Crippen LogP) is 2.21. The van der Waals surface area contributed by atoms with Crippen molar-refractivity contribution in [2.24, 2.45) is 0 Å². The van der Waals surface area contributed by atoms with E-state index in [1.165, 1.54) is 17.4 Å². The molecule has 0 unspecified atom stereocenters. The average molecular weight is 360 g/mol. The number of carbonyl (C=O) groups is 1. The van der Waals surface area contributed by atoms with Crippen LogP contribution in [0.3, 0.4) is 0 Å². The highest BCUT2D eigenvalue weighted by Gasteiger charge is 2.14. The first-order valence-electron chi connectivity index (χ1n) is 7.13. The maximum absolute atomic E-state index is 12.0. The summed E-state index contributed by atoms with van der Waals surface area (Å²) in [5.74, 6) is 0.510. The van der Waals surface area contributed by atoms with E-state index >= 15 is 0 Å². The molecule has 0 bridgehead atoms. The van der Waals surface area contributed by atoms with Gasteiger partial charge in [-0.05, 0) is 18.2 Å². The fraction of sp³-hybridized carbons (Fsp3) is 0.133. The number of nitrogen functional groups attached to an aromatic ring is 1. The third kappa shape index (κ3) is 3.50. The molecule has 3 N–H and O–H groups in total. The Morgan fingerprint density at radius 1 is 1.32 bits per heavy atom. The van der Waals surface area contributed by atoms with Crippen molar-refractivity contribution in [3.63, 3.8) is 0 Å². The largest absolute Gasteiger partial charge is 0.383 e. The van der Waals surface area contributed by atoms with E-state index in [2.05, 4.69) is 25.4 Å². The summed E-state index contributed by atoms with van der Waals surface area (Å²) in [6.07, 6.45) is 2.74. The lowest BCUT2D eigenvalue weighted by atomic mass is 10.2. The summed E-state index contributed by atoms with van der Waals surface area (Å²) in [4.78, 5) is 25.7. The van der Waals surface area contributed by atoms with Gasteiger partial charge in [0.15, 0.2) is 6.33 Å². The van der Waals surface area contributed by atoms with Gasteiger partial charge < -0.3 is 20.5 Å². The summed E-state index contributed by atoms with van der Waals surface area (Å²) in [5.41, 5.74) is 7.36. The van der Waals surface area contributed by atoms with Gasteiger partial charge in [0, 0.05) is 26.0 Å². The SMILES string of the molecule is CN(C)C(=O)c1ccc(Nc2ncc(-c3ncno3)c(N)n2)cc1Cl. The minimum Gasteiger partial charge on any atom is -0.383 e. The van der Waals surface area contributed by atoms with E-state index in [0.29, 0.717) is 21.8 Å². The molecule has 10 heteroatoms. The van der Waals surface area contributed by atoms with E-state index in [1.807, 2.05) is 0 Å². The van der Waals surface area contributed by atoms with Crippen LogP contribution in [0.25, 0.3) is 11.5 Å². The zero-order chi connectivity index (χ0) is 18.0. The zero-order valence-electron chi connectivity index (χ0n) is 13.4. The van der Waals surface area contributed by atoms with Gasteiger partial charge in [-0.15, -0.1) is 0 Å². The van der Waals surface area contributed by atoms with Crippen LogP contribution in [0, 0.1) is 0 Å². The fourth-order valence-electron chi connectivity index (χ4n) is 2.05. The first-order chi connectivity index (χ1) is 12.0. The average Bonchev–Trinajstić information content (AvgIpc) is 3.08. The normalized spacial score (nSPS) is 10.5. The fourth-order valence-corrected chi connectivity index (χ4v) is 2.31. The monoisotopic (exact) mass is 359 g/mol. The van der Waals surface area contributed by atoms with Crippen LogP contribution < -0.4 is 11.1 Å². The van der Waals surface area contributed by atoms with Gasteiger partial charge in [0.05, 0.1) is 10.6 Å². The van der Waals surface area contributed by atoms with Crippen molar-refractivity contribution in [1.82, 2.24) is 25.0 Å². The van der Waals surface area contributed by atoms with Gasteiger partial charge in [0.2, 0.25) is 5.95 Å². The van der Waals surface area contributed by atoms with Gasteiger partial charge >= 0.3 is 0 Å². The number of amides is 1. The Bertz CT molecular complexity index is 912. The second kappa shape index (κ2) is 6.73. The molecule has 0 aliphatic carbocycles. The standard InChI is InChI=1S/C15H14ClN7O2/c1-23(2)14(24)9-4-3-8(5-11(9)16)21-15-18-6-10(12(17)22-15)13-19-7-20-25-13/h3-7H,1-2H3,(H3,17,18,21,22). The van der Waals surface area contributed by atoms with Gasteiger partial charge in [0.1, 0.15) is 11.4 Å². The second-order valence-electron chi connectivity index (χ2n) is 5.26.